The van der Waals surface area contributed by atoms with Crippen LogP contribution in [0.25, 0.3) is 10.9 Å². The highest BCUT2D eigenvalue weighted by atomic mass is 79.9. The Bertz CT molecular complexity index is 556. The molecular formula is C10H5BrFNO2. The number of benzene rings is 1. The number of pyridine rings is 1. The lowest BCUT2D eigenvalue weighted by Crippen LogP contribution is -2.03. The molecule has 1 aromatic carbocycles. The van der Waals surface area contributed by atoms with Crippen molar-refractivity contribution in [1.29, 1.82) is 0 Å². The van der Waals surface area contributed by atoms with Crippen molar-refractivity contribution in [2.24, 2.45) is 0 Å². The Labute approximate surface area is 92.7 Å². The van der Waals surface area contributed by atoms with Crippen molar-refractivity contribution in [3.05, 3.63) is 40.2 Å². The predicted molar refractivity (Wildman–Crippen MR) is 56.4 cm³/mol. The molecule has 0 bridgehead atoms. The van der Waals surface area contributed by atoms with Crippen LogP contribution in [0.1, 0.15) is 10.4 Å². The van der Waals surface area contributed by atoms with Gasteiger partial charge in [0.05, 0.1) is 5.52 Å². The Morgan fingerprint density at radius 1 is 1.53 bits per heavy atom. The van der Waals surface area contributed by atoms with Crippen LogP contribution in [0, 0.1) is 5.82 Å². The van der Waals surface area contributed by atoms with Crippen LogP contribution in [0.5, 0.6) is 0 Å². The Balaban J connectivity index is 2.96. The van der Waals surface area contributed by atoms with Crippen molar-refractivity contribution < 1.29 is 14.3 Å². The number of carboxylic acids is 1. The maximum absolute atomic E-state index is 13.4. The Kier molecular flexibility index (Phi) is 2.40. The minimum absolute atomic E-state index is 0.150. The lowest BCUT2D eigenvalue weighted by Gasteiger charge is -2.04. The summed E-state index contributed by atoms with van der Waals surface area (Å²) in [4.78, 5) is 14.7. The zero-order valence-electron chi connectivity index (χ0n) is 7.37. The minimum Gasteiger partial charge on any atom is -0.478 e. The van der Waals surface area contributed by atoms with Crippen molar-refractivity contribution in [1.82, 2.24) is 4.98 Å². The lowest BCUT2D eigenvalue weighted by atomic mass is 10.1. The SMILES string of the molecule is O=C(O)c1c(F)cc(Br)c2cccnc12. The molecule has 0 amide bonds. The van der Waals surface area contributed by atoms with E-state index in [1.807, 2.05) is 0 Å². The van der Waals surface area contributed by atoms with Crippen molar-refractivity contribution in [3.63, 3.8) is 0 Å². The highest BCUT2D eigenvalue weighted by molar-refractivity contribution is 9.10. The van der Waals surface area contributed by atoms with Gasteiger partial charge in [0.15, 0.2) is 0 Å². The van der Waals surface area contributed by atoms with Gasteiger partial charge < -0.3 is 5.11 Å². The monoisotopic (exact) mass is 269 g/mol. The number of fused-ring (bicyclic) bond motifs is 1. The van der Waals surface area contributed by atoms with Crippen molar-refractivity contribution >= 4 is 32.8 Å². The molecule has 0 aliphatic heterocycles. The Hall–Kier alpha value is -1.49. The Morgan fingerprint density at radius 2 is 2.27 bits per heavy atom. The molecule has 76 valence electrons. The minimum atomic E-state index is -1.32. The van der Waals surface area contributed by atoms with E-state index in [0.29, 0.717) is 9.86 Å². The molecular weight excluding hydrogens is 265 g/mol. The van der Waals surface area contributed by atoms with E-state index >= 15 is 0 Å². The lowest BCUT2D eigenvalue weighted by molar-refractivity contribution is 0.0694. The molecule has 0 atom stereocenters. The molecule has 1 aromatic heterocycles. The number of nitrogens with zero attached hydrogens (tertiary/aromatic N) is 1. The van der Waals surface area contributed by atoms with Gasteiger partial charge in [-0.05, 0) is 28.1 Å². The molecule has 2 rings (SSSR count). The van der Waals surface area contributed by atoms with E-state index in [-0.39, 0.29) is 5.52 Å². The van der Waals surface area contributed by atoms with Crippen LogP contribution in [0.3, 0.4) is 0 Å². The summed E-state index contributed by atoms with van der Waals surface area (Å²) < 4.78 is 13.9. The van der Waals surface area contributed by atoms with Crippen molar-refractivity contribution in [2.45, 2.75) is 0 Å². The van der Waals surface area contributed by atoms with Gasteiger partial charge in [-0.15, -0.1) is 0 Å². The molecule has 15 heavy (non-hydrogen) atoms. The first-order valence-electron chi connectivity index (χ1n) is 4.07. The molecule has 1 heterocycles. The normalized spacial score (nSPS) is 10.5. The Morgan fingerprint density at radius 3 is 2.93 bits per heavy atom. The molecule has 0 saturated carbocycles. The van der Waals surface area contributed by atoms with E-state index in [1.165, 1.54) is 6.20 Å². The number of halogens is 2. The first kappa shape index (κ1) is 10.0. The molecule has 3 nitrogen and oxygen atoms in total. The summed E-state index contributed by atoms with van der Waals surface area (Å²) in [5, 5.41) is 9.44. The number of aromatic carboxylic acids is 1. The average Bonchev–Trinajstić information content (AvgIpc) is 2.17. The van der Waals surface area contributed by atoms with Gasteiger partial charge in [0.2, 0.25) is 0 Å². The maximum Gasteiger partial charge on any atom is 0.340 e. The fourth-order valence-electron chi connectivity index (χ4n) is 1.37. The van der Waals surface area contributed by atoms with Crippen LogP contribution in [-0.4, -0.2) is 16.1 Å². The predicted octanol–water partition coefficient (Wildman–Crippen LogP) is 2.83. The van der Waals surface area contributed by atoms with Crippen LogP contribution < -0.4 is 0 Å². The number of rotatable bonds is 1. The fourth-order valence-corrected chi connectivity index (χ4v) is 1.90. The van der Waals surface area contributed by atoms with E-state index in [0.717, 1.165) is 6.07 Å². The van der Waals surface area contributed by atoms with E-state index in [9.17, 15) is 9.18 Å². The van der Waals surface area contributed by atoms with Gasteiger partial charge >= 0.3 is 5.97 Å². The average molecular weight is 270 g/mol. The van der Waals surface area contributed by atoms with Crippen LogP contribution in [0.4, 0.5) is 4.39 Å². The van der Waals surface area contributed by atoms with Gasteiger partial charge in [-0.25, -0.2) is 9.18 Å². The van der Waals surface area contributed by atoms with Gasteiger partial charge in [0.25, 0.3) is 0 Å². The van der Waals surface area contributed by atoms with Crippen LogP contribution in [0.2, 0.25) is 0 Å². The second kappa shape index (κ2) is 3.58. The van der Waals surface area contributed by atoms with Gasteiger partial charge in [0.1, 0.15) is 11.4 Å². The topological polar surface area (TPSA) is 50.2 Å². The molecule has 2 aromatic rings. The summed E-state index contributed by atoms with van der Waals surface area (Å²) in [6.07, 6.45) is 1.43. The van der Waals surface area contributed by atoms with Crippen LogP contribution in [0.15, 0.2) is 28.9 Å². The standard InChI is InChI=1S/C10H5BrFNO2/c11-6-4-7(12)8(10(14)15)9-5(6)2-1-3-13-9/h1-4H,(H,14,15). The number of aromatic nitrogens is 1. The largest absolute Gasteiger partial charge is 0.478 e. The third-order valence-corrected chi connectivity index (χ3v) is 2.66. The van der Waals surface area contributed by atoms with Crippen molar-refractivity contribution in [3.8, 4) is 0 Å². The quantitative estimate of drug-likeness (QED) is 0.866. The highest BCUT2D eigenvalue weighted by Gasteiger charge is 2.17. The second-order valence-corrected chi connectivity index (χ2v) is 3.77. The summed E-state index contributed by atoms with van der Waals surface area (Å²) in [6, 6.07) is 4.47. The maximum atomic E-state index is 13.4. The van der Waals surface area contributed by atoms with Crippen molar-refractivity contribution in [2.75, 3.05) is 0 Å². The molecule has 0 aliphatic rings. The third-order valence-electron chi connectivity index (χ3n) is 2.01. The van der Waals surface area contributed by atoms with E-state index in [4.69, 9.17) is 5.11 Å². The first-order chi connectivity index (χ1) is 7.11. The van der Waals surface area contributed by atoms with Crippen LogP contribution >= 0.6 is 15.9 Å². The molecule has 0 spiro atoms. The van der Waals surface area contributed by atoms with Gasteiger partial charge in [-0.3, -0.25) is 4.98 Å². The summed E-state index contributed by atoms with van der Waals surface area (Å²) in [7, 11) is 0. The third kappa shape index (κ3) is 1.59. The molecule has 5 heteroatoms. The number of carbonyl (C=O) groups is 1. The van der Waals surface area contributed by atoms with E-state index < -0.39 is 17.3 Å². The molecule has 0 radical (unpaired) electrons. The molecule has 1 N–H and O–H groups in total. The molecule has 0 aliphatic carbocycles. The summed E-state index contributed by atoms with van der Waals surface area (Å²) in [5.74, 6) is -2.11. The zero-order valence-corrected chi connectivity index (χ0v) is 8.95. The molecule has 0 unspecified atom stereocenters. The van der Waals surface area contributed by atoms with Gasteiger partial charge in [-0.2, -0.15) is 0 Å². The van der Waals surface area contributed by atoms with E-state index in [2.05, 4.69) is 20.9 Å². The number of hydrogen-bond donors (Lipinski definition) is 1. The highest BCUT2D eigenvalue weighted by Crippen LogP contribution is 2.27. The van der Waals surface area contributed by atoms with E-state index in [1.54, 1.807) is 12.1 Å². The van der Waals surface area contributed by atoms with Gasteiger partial charge in [0, 0.05) is 16.1 Å². The molecule has 0 saturated heterocycles. The smallest absolute Gasteiger partial charge is 0.340 e. The number of carboxylic acid groups (broad SMARTS) is 1. The second-order valence-electron chi connectivity index (χ2n) is 2.92. The summed E-state index contributed by atoms with van der Waals surface area (Å²) >= 11 is 3.16. The zero-order chi connectivity index (χ0) is 11.0. The fraction of sp³-hybridized carbons (Fsp3) is 0. The molecule has 0 fully saturated rings. The van der Waals surface area contributed by atoms with Gasteiger partial charge in [-0.1, -0.05) is 6.07 Å². The summed E-state index contributed by atoms with van der Waals surface area (Å²) in [6.45, 7) is 0. The number of hydrogen-bond acceptors (Lipinski definition) is 2. The van der Waals surface area contributed by atoms with Crippen LogP contribution in [-0.2, 0) is 0 Å². The first-order valence-corrected chi connectivity index (χ1v) is 4.86. The summed E-state index contributed by atoms with van der Waals surface area (Å²) in [5.41, 5.74) is -0.245.